The van der Waals surface area contributed by atoms with E-state index in [9.17, 15) is 0 Å². The monoisotopic (exact) mass is 90.0 g/mol. The van der Waals surface area contributed by atoms with Gasteiger partial charge >= 0.3 is 0 Å². The minimum absolute atomic E-state index is 1.10. The molecule has 1 N–H and O–H groups in total. The van der Waals surface area contributed by atoms with Crippen molar-refractivity contribution in [2.24, 2.45) is 5.10 Å². The van der Waals surface area contributed by atoms with Crippen LogP contribution in [0.1, 0.15) is 0 Å². The fraction of sp³-hybridized carbons (Fsp3) is 0. The summed E-state index contributed by atoms with van der Waals surface area (Å²) < 4.78 is 4.46. The Labute approximate surface area is 33.7 Å². The minimum Gasteiger partial charge on any atom is -0.390 e. The van der Waals surface area contributed by atoms with Gasteiger partial charge in [-0.3, -0.25) is 0 Å². The highest BCUT2D eigenvalue weighted by molar-refractivity contribution is 7.93. The Kier molecular flexibility index (Phi) is 0.660. The normalized spacial score (nSPS) is 17.6. The molecule has 0 bridgehead atoms. The summed E-state index contributed by atoms with van der Waals surface area (Å²) in [4.78, 5) is 2.49. The summed E-state index contributed by atoms with van der Waals surface area (Å²) in [7, 11) is 0. The van der Waals surface area contributed by atoms with Gasteiger partial charge in [-0.2, -0.15) is 0 Å². The van der Waals surface area contributed by atoms with Crippen molar-refractivity contribution in [1.29, 1.82) is 0 Å². The highest BCUT2D eigenvalue weighted by atomic mass is 32.2. The molecule has 0 radical (unpaired) electrons. The topological polar surface area (TPSA) is 33.6 Å². The van der Waals surface area contributed by atoms with Gasteiger partial charge in [0, 0.05) is 0 Å². The van der Waals surface area contributed by atoms with Crippen LogP contribution in [-0.2, 0) is 4.18 Å². The third kappa shape index (κ3) is 0.445. The zero-order chi connectivity index (χ0) is 3.54. The summed E-state index contributed by atoms with van der Waals surface area (Å²) >= 11 is 1.10. The molecular weight excluding hydrogens is 88.1 g/mol. The summed E-state index contributed by atoms with van der Waals surface area (Å²) in [5, 5.41) is 3.45. The molecule has 4 heteroatoms. The lowest BCUT2D eigenvalue weighted by Gasteiger charge is -1.74. The van der Waals surface area contributed by atoms with Crippen molar-refractivity contribution < 1.29 is 4.18 Å². The lowest BCUT2D eigenvalue weighted by atomic mass is 11.5. The third-order valence-electron chi connectivity index (χ3n) is 0.234. The van der Waals surface area contributed by atoms with Crippen molar-refractivity contribution in [3.8, 4) is 0 Å². The molecule has 1 rings (SSSR count). The summed E-state index contributed by atoms with van der Waals surface area (Å²) in [5.74, 6) is 0. The van der Waals surface area contributed by atoms with Gasteiger partial charge in [0.2, 0.25) is 6.40 Å². The maximum atomic E-state index is 4.46. The maximum absolute atomic E-state index is 4.46. The van der Waals surface area contributed by atoms with Crippen LogP contribution in [0.5, 0.6) is 0 Å². The number of hydrazone groups is 1. The van der Waals surface area contributed by atoms with Crippen LogP contribution in [0.2, 0.25) is 0 Å². The molecule has 5 heavy (non-hydrogen) atoms. The molecule has 0 atom stereocenters. The second-order valence-electron chi connectivity index (χ2n) is 0.505. The van der Waals surface area contributed by atoms with Gasteiger partial charge in [-0.25, -0.2) is 4.83 Å². The molecule has 1 aliphatic heterocycles. The van der Waals surface area contributed by atoms with E-state index in [0.717, 1.165) is 12.2 Å². The summed E-state index contributed by atoms with van der Waals surface area (Å²) in [6.45, 7) is 0. The van der Waals surface area contributed by atoms with E-state index in [2.05, 4.69) is 14.1 Å². The van der Waals surface area contributed by atoms with Crippen LogP contribution in [0.25, 0.3) is 0 Å². The van der Waals surface area contributed by atoms with Gasteiger partial charge in [0.1, 0.15) is 0 Å². The zero-order valence-corrected chi connectivity index (χ0v) is 3.16. The average Bonchev–Trinajstić information content (AvgIpc) is 1.76. The van der Waals surface area contributed by atoms with Gasteiger partial charge in [-0.1, -0.05) is 0 Å². The van der Waals surface area contributed by atoms with Crippen LogP contribution in [0.15, 0.2) is 5.10 Å². The Bertz CT molecular complexity index is 47.6. The molecule has 0 saturated carbocycles. The molecule has 28 valence electrons. The van der Waals surface area contributed by atoms with Gasteiger partial charge in [0.05, 0.1) is 0 Å². The quantitative estimate of drug-likeness (QED) is 0.338. The molecule has 3 nitrogen and oxygen atoms in total. The van der Waals surface area contributed by atoms with Crippen LogP contribution in [0.3, 0.4) is 0 Å². The van der Waals surface area contributed by atoms with Crippen molar-refractivity contribution in [3.63, 3.8) is 0 Å². The Morgan fingerprint density at radius 2 is 3.00 bits per heavy atom. The fourth-order valence-corrected chi connectivity index (χ4v) is 0.323. The van der Waals surface area contributed by atoms with Crippen LogP contribution in [-0.4, -0.2) is 6.40 Å². The Balaban J connectivity index is 2.32. The van der Waals surface area contributed by atoms with Gasteiger partial charge in [0.15, 0.2) is 12.2 Å². The summed E-state index contributed by atoms with van der Waals surface area (Å²) in [6, 6.07) is 0. The van der Waals surface area contributed by atoms with Crippen LogP contribution >= 0.6 is 12.2 Å². The second-order valence-corrected chi connectivity index (χ2v) is 1.05. The number of hydrogen-bond donors (Lipinski definition) is 1. The Morgan fingerprint density at radius 1 is 2.00 bits per heavy atom. The predicted molar refractivity (Wildman–Crippen MR) is 20.3 cm³/mol. The molecule has 0 aromatic heterocycles. The van der Waals surface area contributed by atoms with E-state index in [0.29, 0.717) is 0 Å². The number of rotatable bonds is 0. The van der Waals surface area contributed by atoms with E-state index >= 15 is 0 Å². The van der Waals surface area contributed by atoms with E-state index < -0.39 is 0 Å². The number of nitrogens with one attached hydrogen (secondary N) is 1. The lowest BCUT2D eigenvalue weighted by Crippen LogP contribution is -1.77. The van der Waals surface area contributed by atoms with E-state index in [1.54, 1.807) is 0 Å². The molecule has 0 amide bonds. The minimum atomic E-state index is 1.10. The molecule has 0 fully saturated rings. The van der Waals surface area contributed by atoms with E-state index in [-0.39, 0.29) is 0 Å². The molecule has 0 aliphatic carbocycles. The lowest BCUT2D eigenvalue weighted by molar-refractivity contribution is 0.690. The van der Waals surface area contributed by atoms with Crippen LogP contribution in [0, 0.1) is 0 Å². The van der Waals surface area contributed by atoms with E-state index in [1.165, 1.54) is 6.40 Å². The molecule has 0 aromatic rings. The molecule has 0 unspecified atom stereocenters. The number of nitrogens with zero attached hydrogens (tertiary/aromatic N) is 1. The van der Waals surface area contributed by atoms with Crippen molar-refractivity contribution in [2.75, 3.05) is 0 Å². The van der Waals surface area contributed by atoms with Gasteiger partial charge in [0.25, 0.3) is 0 Å². The molecule has 1 heterocycles. The SMILES string of the molecule is C1=NNSO1. The van der Waals surface area contributed by atoms with Crippen molar-refractivity contribution in [2.45, 2.75) is 0 Å². The first kappa shape index (κ1) is 2.84. The summed E-state index contributed by atoms with van der Waals surface area (Å²) in [6.07, 6.45) is 1.34. The van der Waals surface area contributed by atoms with Crippen LogP contribution < -0.4 is 4.83 Å². The number of hydrogen-bond acceptors (Lipinski definition) is 4. The molecular formula is CH2N2OS. The fourth-order valence-electron chi connectivity index (χ4n) is 0.108. The first-order valence-electron chi connectivity index (χ1n) is 1.09. The molecule has 0 spiro atoms. The highest BCUT2D eigenvalue weighted by Gasteiger charge is 1.84. The zero-order valence-electron chi connectivity index (χ0n) is 2.34. The third-order valence-corrected chi connectivity index (χ3v) is 0.596. The molecule has 0 aromatic carbocycles. The van der Waals surface area contributed by atoms with Crippen LogP contribution in [0.4, 0.5) is 0 Å². The highest BCUT2D eigenvalue weighted by Crippen LogP contribution is 1.96. The van der Waals surface area contributed by atoms with Gasteiger partial charge in [-0.05, 0) is 0 Å². The summed E-state index contributed by atoms with van der Waals surface area (Å²) in [5.41, 5.74) is 0. The van der Waals surface area contributed by atoms with Crippen molar-refractivity contribution >= 4 is 18.6 Å². The second kappa shape index (κ2) is 1.16. The van der Waals surface area contributed by atoms with Crippen molar-refractivity contribution in [3.05, 3.63) is 0 Å². The predicted octanol–water partition coefficient (Wildman–Crippen LogP) is 0.113. The average molecular weight is 90.1 g/mol. The Morgan fingerprint density at radius 3 is 3.20 bits per heavy atom. The first-order valence-corrected chi connectivity index (χ1v) is 1.83. The van der Waals surface area contributed by atoms with Crippen molar-refractivity contribution in [1.82, 2.24) is 4.83 Å². The Hall–Kier alpha value is -0.380. The van der Waals surface area contributed by atoms with Gasteiger partial charge in [-0.15, -0.1) is 5.10 Å². The molecule has 0 saturated heterocycles. The standard InChI is InChI=1S/CH2N2OS/c1-2-3-5-4-1/h1,3H. The largest absolute Gasteiger partial charge is 0.390 e. The maximum Gasteiger partial charge on any atom is 0.212 e. The molecule has 1 aliphatic rings. The smallest absolute Gasteiger partial charge is 0.212 e. The van der Waals surface area contributed by atoms with Gasteiger partial charge < -0.3 is 4.18 Å². The van der Waals surface area contributed by atoms with E-state index in [1.807, 2.05) is 0 Å². The van der Waals surface area contributed by atoms with E-state index in [4.69, 9.17) is 0 Å². The first-order chi connectivity index (χ1) is 2.50.